The lowest BCUT2D eigenvalue weighted by molar-refractivity contribution is 0.824. The molecule has 1 heterocycles. The lowest BCUT2D eigenvalue weighted by atomic mass is 10.0. The first-order chi connectivity index (χ1) is 7.86. The summed E-state index contributed by atoms with van der Waals surface area (Å²) in [6, 6.07) is 18.6. The number of rotatable bonds is 1. The molecular formula is C14H13N. The van der Waals surface area contributed by atoms with Gasteiger partial charge >= 0.3 is 0 Å². The Hall–Kier alpha value is -1.76. The molecule has 1 aliphatic rings. The third-order valence-electron chi connectivity index (χ3n) is 2.88. The van der Waals surface area contributed by atoms with Crippen LogP contribution in [0.1, 0.15) is 17.2 Å². The Morgan fingerprint density at radius 1 is 1.00 bits per heavy atom. The predicted octanol–water partition coefficient (Wildman–Crippen LogP) is 3.40. The summed E-state index contributed by atoms with van der Waals surface area (Å²) >= 11 is 0. The van der Waals surface area contributed by atoms with Gasteiger partial charge in [-0.15, -0.1) is 0 Å². The molecule has 1 nitrogen and oxygen atoms in total. The summed E-state index contributed by atoms with van der Waals surface area (Å²) in [5.41, 5.74) is 3.52. The molecule has 0 bridgehead atoms. The second-order valence-corrected chi connectivity index (χ2v) is 3.89. The van der Waals surface area contributed by atoms with E-state index in [2.05, 4.69) is 18.2 Å². The normalized spacial score (nSPS) is 19.9. The highest BCUT2D eigenvalue weighted by Crippen LogP contribution is 2.33. The average Bonchev–Trinajstić information content (AvgIpc) is 2.69. The van der Waals surface area contributed by atoms with Crippen molar-refractivity contribution in [1.82, 2.24) is 0 Å². The smallest absolute Gasteiger partial charge is 0.161 e. The van der Waals surface area contributed by atoms with Crippen molar-refractivity contribution in [3.8, 4) is 0 Å². The summed E-state index contributed by atoms with van der Waals surface area (Å²) < 4.78 is 8.14. The maximum absolute atomic E-state index is 8.14. The van der Waals surface area contributed by atoms with Crippen molar-refractivity contribution in [3.05, 3.63) is 65.7 Å². The third-order valence-corrected chi connectivity index (χ3v) is 2.88. The van der Waals surface area contributed by atoms with E-state index in [9.17, 15) is 0 Å². The summed E-state index contributed by atoms with van der Waals surface area (Å²) in [5.74, 6) is 0. The molecule has 3 rings (SSSR count). The van der Waals surface area contributed by atoms with Crippen LogP contribution in [0.3, 0.4) is 0 Å². The molecule has 0 spiro atoms. The highest BCUT2D eigenvalue weighted by molar-refractivity contribution is 5.57. The minimum Gasteiger partial charge on any atom is -0.378 e. The van der Waals surface area contributed by atoms with Gasteiger partial charge in [-0.3, -0.25) is 0 Å². The summed E-state index contributed by atoms with van der Waals surface area (Å²) in [4.78, 5) is 0. The predicted molar refractivity (Wildman–Crippen MR) is 63.0 cm³/mol. The van der Waals surface area contributed by atoms with Crippen LogP contribution in [0, 0.1) is 0 Å². The maximum Gasteiger partial charge on any atom is 0.161 e. The Balaban J connectivity index is 1.99. The van der Waals surface area contributed by atoms with E-state index in [-0.39, 0.29) is 6.04 Å². The fourth-order valence-electron chi connectivity index (χ4n) is 2.10. The minimum absolute atomic E-state index is 0.165. The third kappa shape index (κ3) is 1.50. The van der Waals surface area contributed by atoms with E-state index in [1.165, 1.54) is 11.1 Å². The quantitative estimate of drug-likeness (QED) is 0.737. The summed E-state index contributed by atoms with van der Waals surface area (Å²) in [6.45, 7) is 0. The molecule has 0 aliphatic carbocycles. The Labute approximate surface area is 91.2 Å². The molecule has 0 radical (unpaired) electrons. The van der Waals surface area contributed by atoms with Gasteiger partial charge in [0, 0.05) is 5.69 Å². The molecule has 1 N–H and O–H groups in total. The lowest BCUT2D eigenvalue weighted by Crippen LogP contribution is -2.04. The number of para-hydroxylation sites is 1. The van der Waals surface area contributed by atoms with Crippen molar-refractivity contribution in [1.29, 1.82) is 0 Å². The first kappa shape index (κ1) is 7.52. The molecule has 1 heteroatoms. The molecule has 0 saturated heterocycles. The molecule has 1 aliphatic heterocycles. The number of hydrogen-bond donors (Lipinski definition) is 1. The Morgan fingerprint density at radius 3 is 2.53 bits per heavy atom. The van der Waals surface area contributed by atoms with Crippen LogP contribution in [0.5, 0.6) is 0 Å². The van der Waals surface area contributed by atoms with Crippen LogP contribution in [0.15, 0.2) is 54.6 Å². The zero-order chi connectivity index (χ0) is 11.0. The van der Waals surface area contributed by atoms with Gasteiger partial charge in [0.05, 0.1) is 6.04 Å². The van der Waals surface area contributed by atoms with Crippen molar-refractivity contribution in [2.75, 3.05) is 5.31 Å². The summed E-state index contributed by atoms with van der Waals surface area (Å²) in [5, 5.41) is 1.63. The van der Waals surface area contributed by atoms with Crippen molar-refractivity contribution >= 4 is 5.69 Å². The molecule has 2 aromatic rings. The lowest BCUT2D eigenvalue weighted by Gasteiger charge is -2.10. The van der Waals surface area contributed by atoms with E-state index in [0.717, 1.165) is 12.1 Å². The summed E-state index contributed by atoms with van der Waals surface area (Å²) in [7, 11) is 0. The molecule has 1 unspecified atom stereocenters. The van der Waals surface area contributed by atoms with Crippen LogP contribution >= 0.6 is 0 Å². The van der Waals surface area contributed by atoms with Gasteiger partial charge in [0.25, 0.3) is 0 Å². The van der Waals surface area contributed by atoms with Gasteiger partial charge in [0.1, 0.15) is 0 Å². The standard InChI is InChI=1S/C14H13N/c1-2-6-11(7-3-1)14-10-12-8-4-5-9-13(12)15-14/h1-9,14-15H,10H2/i/hD. The van der Waals surface area contributed by atoms with Crippen molar-refractivity contribution < 1.29 is 1.41 Å². The van der Waals surface area contributed by atoms with Crippen molar-refractivity contribution in [2.24, 2.45) is 0 Å². The highest BCUT2D eigenvalue weighted by Gasteiger charge is 2.20. The number of hydrogen-bond acceptors (Lipinski definition) is 1. The van der Waals surface area contributed by atoms with Gasteiger partial charge in [-0.2, -0.15) is 0 Å². The molecule has 2 aromatic carbocycles. The van der Waals surface area contributed by atoms with Crippen LogP contribution in [0.2, 0.25) is 1.41 Å². The fraction of sp³-hybridized carbons (Fsp3) is 0.143. The van der Waals surface area contributed by atoms with Gasteiger partial charge in [0.2, 0.25) is 0 Å². The van der Waals surface area contributed by atoms with Crippen molar-refractivity contribution in [3.63, 3.8) is 0 Å². The molecule has 0 fully saturated rings. The van der Waals surface area contributed by atoms with E-state index in [4.69, 9.17) is 1.41 Å². The molecule has 0 saturated carbocycles. The Morgan fingerprint density at radius 2 is 1.73 bits per heavy atom. The maximum atomic E-state index is 8.14. The minimum atomic E-state index is 0.165. The molecule has 0 aromatic heterocycles. The van der Waals surface area contributed by atoms with E-state index in [1.54, 1.807) is 5.31 Å². The Kier molecular flexibility index (Phi) is 1.72. The fourth-order valence-corrected chi connectivity index (χ4v) is 2.10. The van der Waals surface area contributed by atoms with E-state index < -0.39 is 0 Å². The molecule has 1 atom stereocenters. The van der Waals surface area contributed by atoms with Gasteiger partial charge < -0.3 is 5.31 Å². The second kappa shape index (κ2) is 3.43. The van der Waals surface area contributed by atoms with E-state index in [0.29, 0.717) is 0 Å². The van der Waals surface area contributed by atoms with E-state index in [1.807, 2.05) is 36.4 Å². The van der Waals surface area contributed by atoms with Gasteiger partial charge in [-0.25, -0.2) is 0 Å². The van der Waals surface area contributed by atoms with Crippen molar-refractivity contribution in [2.45, 2.75) is 12.5 Å². The zero-order valence-electron chi connectivity index (χ0n) is 9.43. The number of anilines is 1. The Bertz CT molecular complexity index is 495. The first-order valence-electron chi connectivity index (χ1n) is 5.72. The van der Waals surface area contributed by atoms with Crippen LogP contribution in [-0.4, -0.2) is 0 Å². The van der Waals surface area contributed by atoms with Gasteiger partial charge in [-0.05, 0) is 23.6 Å². The second-order valence-electron chi connectivity index (χ2n) is 3.89. The first-order valence-corrected chi connectivity index (χ1v) is 5.27. The van der Waals surface area contributed by atoms with Gasteiger partial charge in [0.15, 0.2) is 1.41 Å². The van der Waals surface area contributed by atoms with Crippen LogP contribution in [0.25, 0.3) is 0 Å². The molecule has 15 heavy (non-hydrogen) atoms. The largest absolute Gasteiger partial charge is 0.378 e. The number of benzene rings is 2. The molecule has 0 amide bonds. The summed E-state index contributed by atoms with van der Waals surface area (Å²) in [6.07, 6.45) is 0.934. The topological polar surface area (TPSA) is 12.0 Å². The van der Waals surface area contributed by atoms with Crippen LogP contribution in [-0.2, 0) is 6.42 Å². The number of nitrogens with one attached hydrogen (secondary N) is 1. The monoisotopic (exact) mass is 196 g/mol. The average molecular weight is 196 g/mol. The van der Waals surface area contributed by atoms with E-state index >= 15 is 0 Å². The van der Waals surface area contributed by atoms with Crippen LogP contribution in [0.4, 0.5) is 5.69 Å². The van der Waals surface area contributed by atoms with Crippen LogP contribution < -0.4 is 5.31 Å². The highest BCUT2D eigenvalue weighted by atomic mass is 14.9. The molecular weight excluding hydrogens is 182 g/mol. The zero-order valence-corrected chi connectivity index (χ0v) is 8.43. The number of fused-ring (bicyclic) bond motifs is 1. The SMILES string of the molecule is [2H]N1c2ccccc2CC1c1ccccc1. The molecule has 74 valence electrons. The van der Waals surface area contributed by atoms with Gasteiger partial charge in [-0.1, -0.05) is 48.5 Å².